The fourth-order valence-electron chi connectivity index (χ4n) is 1.59. The molecule has 0 heterocycles. The number of aryl methyl sites for hydroxylation is 1. The Bertz CT molecular complexity index is 481. The van der Waals surface area contributed by atoms with Crippen LogP contribution in [0.4, 0.5) is 5.69 Å². The van der Waals surface area contributed by atoms with Crippen LogP contribution in [-0.4, -0.2) is 39.7 Å². The van der Waals surface area contributed by atoms with E-state index in [1.807, 2.05) is 32.0 Å². The molecule has 96 valence electrons. The van der Waals surface area contributed by atoms with Gasteiger partial charge in [-0.3, -0.25) is 0 Å². The standard InChI is InChI=1S/C12H20N2O2S/c1-10-5-6-11(13)12(9-10)17(15,16)8-4-7-14(2)3/h5-6,9H,4,7-8,13H2,1-3H3. The molecule has 17 heavy (non-hydrogen) atoms. The Balaban J connectivity index is 2.86. The van der Waals surface area contributed by atoms with Gasteiger partial charge < -0.3 is 10.6 Å². The van der Waals surface area contributed by atoms with Gasteiger partial charge in [0, 0.05) is 0 Å². The fourth-order valence-corrected chi connectivity index (χ4v) is 3.11. The summed E-state index contributed by atoms with van der Waals surface area (Å²) >= 11 is 0. The van der Waals surface area contributed by atoms with Crippen molar-refractivity contribution in [3.05, 3.63) is 23.8 Å². The molecule has 5 heteroatoms. The van der Waals surface area contributed by atoms with E-state index in [0.29, 0.717) is 12.1 Å². The van der Waals surface area contributed by atoms with Crippen molar-refractivity contribution in [2.75, 3.05) is 32.1 Å². The molecular formula is C12H20N2O2S. The molecule has 0 saturated heterocycles. The van der Waals surface area contributed by atoms with Gasteiger partial charge in [-0.15, -0.1) is 0 Å². The molecule has 0 amide bonds. The highest BCUT2D eigenvalue weighted by Crippen LogP contribution is 2.21. The van der Waals surface area contributed by atoms with Gasteiger partial charge in [0.15, 0.2) is 9.84 Å². The van der Waals surface area contributed by atoms with Crippen LogP contribution in [0.3, 0.4) is 0 Å². The van der Waals surface area contributed by atoms with Gasteiger partial charge in [0.05, 0.1) is 16.3 Å². The van der Waals surface area contributed by atoms with E-state index in [9.17, 15) is 8.42 Å². The highest BCUT2D eigenvalue weighted by molar-refractivity contribution is 7.91. The Morgan fingerprint density at radius 1 is 1.29 bits per heavy atom. The molecule has 1 aromatic rings. The Morgan fingerprint density at radius 2 is 1.94 bits per heavy atom. The maximum atomic E-state index is 12.1. The second-order valence-electron chi connectivity index (χ2n) is 4.52. The van der Waals surface area contributed by atoms with Crippen LogP contribution in [0.15, 0.2) is 23.1 Å². The van der Waals surface area contributed by atoms with Gasteiger partial charge in [0.25, 0.3) is 0 Å². The minimum absolute atomic E-state index is 0.138. The summed E-state index contributed by atoms with van der Waals surface area (Å²) in [6, 6.07) is 5.10. The van der Waals surface area contributed by atoms with Crippen LogP contribution in [0, 0.1) is 6.92 Å². The van der Waals surface area contributed by atoms with Crippen molar-refractivity contribution in [2.24, 2.45) is 0 Å². The smallest absolute Gasteiger partial charge is 0.180 e. The quantitative estimate of drug-likeness (QED) is 0.807. The maximum Gasteiger partial charge on any atom is 0.180 e. The Kier molecular flexibility index (Phi) is 4.54. The number of hydrogen-bond donors (Lipinski definition) is 1. The summed E-state index contributed by atoms with van der Waals surface area (Å²) in [5.74, 6) is 0.138. The van der Waals surface area contributed by atoms with Crippen LogP contribution >= 0.6 is 0 Å². The van der Waals surface area contributed by atoms with E-state index >= 15 is 0 Å². The van der Waals surface area contributed by atoms with Crippen LogP contribution in [0.5, 0.6) is 0 Å². The molecule has 0 aromatic heterocycles. The average molecular weight is 256 g/mol. The number of hydrogen-bond acceptors (Lipinski definition) is 4. The van der Waals surface area contributed by atoms with Crippen molar-refractivity contribution in [1.82, 2.24) is 4.90 Å². The van der Waals surface area contributed by atoms with Crippen molar-refractivity contribution in [2.45, 2.75) is 18.2 Å². The summed E-state index contributed by atoms with van der Waals surface area (Å²) in [4.78, 5) is 2.23. The predicted molar refractivity (Wildman–Crippen MR) is 70.8 cm³/mol. The van der Waals surface area contributed by atoms with Crippen molar-refractivity contribution < 1.29 is 8.42 Å². The van der Waals surface area contributed by atoms with E-state index in [2.05, 4.69) is 0 Å². The van der Waals surface area contributed by atoms with Crippen molar-refractivity contribution in [1.29, 1.82) is 0 Å². The number of benzene rings is 1. The first-order valence-corrected chi connectivity index (χ1v) is 7.22. The Morgan fingerprint density at radius 3 is 2.53 bits per heavy atom. The summed E-state index contributed by atoms with van der Waals surface area (Å²) in [7, 11) is 0.588. The Hall–Kier alpha value is -1.07. The van der Waals surface area contributed by atoms with Gasteiger partial charge in [-0.1, -0.05) is 6.07 Å². The number of nitrogens with zero attached hydrogens (tertiary/aromatic N) is 1. The summed E-state index contributed by atoms with van der Waals surface area (Å²) in [6.45, 7) is 2.61. The van der Waals surface area contributed by atoms with E-state index in [0.717, 1.165) is 12.1 Å². The molecule has 4 nitrogen and oxygen atoms in total. The zero-order valence-electron chi connectivity index (χ0n) is 10.6. The molecule has 0 aliphatic carbocycles. The minimum atomic E-state index is -3.26. The molecule has 1 aromatic carbocycles. The molecule has 0 atom stereocenters. The third kappa shape index (κ3) is 4.02. The van der Waals surface area contributed by atoms with Crippen molar-refractivity contribution >= 4 is 15.5 Å². The Labute approximate surface area is 103 Å². The maximum absolute atomic E-state index is 12.1. The van der Waals surface area contributed by atoms with Gasteiger partial charge in [-0.25, -0.2) is 8.42 Å². The number of sulfone groups is 1. The lowest BCUT2D eigenvalue weighted by molar-refractivity contribution is 0.408. The molecule has 0 aliphatic heterocycles. The molecule has 2 N–H and O–H groups in total. The number of nitrogens with two attached hydrogens (primary N) is 1. The number of anilines is 1. The lowest BCUT2D eigenvalue weighted by atomic mass is 10.2. The van der Waals surface area contributed by atoms with E-state index in [1.54, 1.807) is 12.1 Å². The van der Waals surface area contributed by atoms with E-state index in [1.165, 1.54) is 0 Å². The third-order valence-corrected chi connectivity index (χ3v) is 4.37. The average Bonchev–Trinajstić information content (AvgIpc) is 2.20. The summed E-state index contributed by atoms with van der Waals surface area (Å²) in [6.07, 6.45) is 0.614. The van der Waals surface area contributed by atoms with E-state index in [4.69, 9.17) is 5.73 Å². The number of rotatable bonds is 5. The lowest BCUT2D eigenvalue weighted by Crippen LogP contribution is -2.18. The summed E-state index contributed by atoms with van der Waals surface area (Å²) < 4.78 is 24.2. The first kappa shape index (κ1) is 14.0. The second-order valence-corrected chi connectivity index (χ2v) is 6.59. The van der Waals surface area contributed by atoms with Crippen LogP contribution in [-0.2, 0) is 9.84 Å². The van der Waals surface area contributed by atoms with Crippen LogP contribution < -0.4 is 5.73 Å². The monoisotopic (exact) mass is 256 g/mol. The zero-order valence-corrected chi connectivity index (χ0v) is 11.4. The predicted octanol–water partition coefficient (Wildman–Crippen LogP) is 1.30. The molecule has 0 saturated carbocycles. The van der Waals surface area contributed by atoms with Crippen LogP contribution in [0.25, 0.3) is 0 Å². The molecular weight excluding hydrogens is 236 g/mol. The largest absolute Gasteiger partial charge is 0.398 e. The number of nitrogen functional groups attached to an aromatic ring is 1. The lowest BCUT2D eigenvalue weighted by Gasteiger charge is -2.11. The van der Waals surface area contributed by atoms with Gasteiger partial charge in [-0.2, -0.15) is 0 Å². The minimum Gasteiger partial charge on any atom is -0.398 e. The molecule has 0 fully saturated rings. The third-order valence-electron chi connectivity index (χ3n) is 2.52. The van der Waals surface area contributed by atoms with Crippen LogP contribution in [0.2, 0.25) is 0 Å². The van der Waals surface area contributed by atoms with Crippen molar-refractivity contribution in [3.8, 4) is 0 Å². The molecule has 0 spiro atoms. The van der Waals surface area contributed by atoms with E-state index in [-0.39, 0.29) is 10.6 Å². The topological polar surface area (TPSA) is 63.4 Å². The molecule has 1 rings (SSSR count). The highest BCUT2D eigenvalue weighted by atomic mass is 32.2. The molecule has 0 radical (unpaired) electrons. The summed E-state index contributed by atoms with van der Waals surface area (Å²) in [5.41, 5.74) is 6.96. The first-order valence-electron chi connectivity index (χ1n) is 5.56. The van der Waals surface area contributed by atoms with Gasteiger partial charge in [-0.05, 0) is 51.7 Å². The summed E-state index contributed by atoms with van der Waals surface area (Å²) in [5, 5.41) is 0. The van der Waals surface area contributed by atoms with Gasteiger partial charge in [0.2, 0.25) is 0 Å². The first-order chi connectivity index (χ1) is 7.83. The van der Waals surface area contributed by atoms with Crippen molar-refractivity contribution in [3.63, 3.8) is 0 Å². The zero-order chi connectivity index (χ0) is 13.1. The van der Waals surface area contributed by atoms with Gasteiger partial charge in [0.1, 0.15) is 0 Å². The SMILES string of the molecule is Cc1ccc(N)c(S(=O)(=O)CCCN(C)C)c1. The second kappa shape index (κ2) is 5.51. The van der Waals surface area contributed by atoms with E-state index < -0.39 is 9.84 Å². The van der Waals surface area contributed by atoms with Gasteiger partial charge >= 0.3 is 0 Å². The normalized spacial score (nSPS) is 12.0. The molecule has 0 unspecified atom stereocenters. The van der Waals surface area contributed by atoms with Crippen LogP contribution in [0.1, 0.15) is 12.0 Å². The fraction of sp³-hybridized carbons (Fsp3) is 0.500. The molecule has 0 bridgehead atoms. The molecule has 0 aliphatic rings. The highest BCUT2D eigenvalue weighted by Gasteiger charge is 2.17.